The first-order valence-corrected chi connectivity index (χ1v) is 7.44. The van der Waals surface area contributed by atoms with Gasteiger partial charge in [0.2, 0.25) is 0 Å². The summed E-state index contributed by atoms with van der Waals surface area (Å²) >= 11 is 0. The summed E-state index contributed by atoms with van der Waals surface area (Å²) in [5.41, 5.74) is 5.43. The molecular weight excluding hydrogens is 244 g/mol. The van der Waals surface area contributed by atoms with Gasteiger partial charge in [-0.1, -0.05) is 30.3 Å². The summed E-state index contributed by atoms with van der Waals surface area (Å²) in [6.45, 7) is 2.04. The standard InChI is InChI=1S/C18H22N2/c1-13-7-8-17(12-20-13)18(19-2)16-10-9-14-5-3-4-6-15(14)11-16/h3-8,12,16,18-19H,9-11H2,1-2H3. The Labute approximate surface area is 121 Å². The average molecular weight is 266 g/mol. The number of nitrogens with zero attached hydrogens (tertiary/aromatic N) is 1. The summed E-state index contributed by atoms with van der Waals surface area (Å²) in [7, 11) is 2.06. The molecule has 2 nitrogen and oxygen atoms in total. The van der Waals surface area contributed by atoms with E-state index in [1.165, 1.54) is 29.5 Å². The van der Waals surface area contributed by atoms with Gasteiger partial charge in [0, 0.05) is 17.9 Å². The molecule has 0 saturated carbocycles. The quantitative estimate of drug-likeness (QED) is 0.920. The number of aromatic nitrogens is 1. The van der Waals surface area contributed by atoms with E-state index in [9.17, 15) is 0 Å². The van der Waals surface area contributed by atoms with Crippen molar-refractivity contribution in [3.63, 3.8) is 0 Å². The zero-order valence-electron chi connectivity index (χ0n) is 12.3. The molecule has 1 N–H and O–H groups in total. The molecule has 0 fully saturated rings. The van der Waals surface area contributed by atoms with E-state index in [1.54, 1.807) is 0 Å². The zero-order valence-corrected chi connectivity index (χ0v) is 12.3. The van der Waals surface area contributed by atoms with Crippen LogP contribution >= 0.6 is 0 Å². The van der Waals surface area contributed by atoms with E-state index in [0.29, 0.717) is 12.0 Å². The summed E-state index contributed by atoms with van der Waals surface area (Å²) in [5, 5.41) is 3.50. The molecule has 3 rings (SSSR count). The molecule has 0 amide bonds. The van der Waals surface area contributed by atoms with Gasteiger partial charge in [0.05, 0.1) is 0 Å². The third-order valence-corrected chi connectivity index (χ3v) is 4.46. The molecule has 1 heterocycles. The van der Waals surface area contributed by atoms with Crippen molar-refractivity contribution >= 4 is 0 Å². The summed E-state index contributed by atoms with van der Waals surface area (Å²) in [6, 6.07) is 13.6. The molecule has 2 heteroatoms. The number of benzene rings is 1. The number of nitrogens with one attached hydrogen (secondary N) is 1. The van der Waals surface area contributed by atoms with Crippen molar-refractivity contribution < 1.29 is 0 Å². The Morgan fingerprint density at radius 2 is 1.95 bits per heavy atom. The second-order valence-electron chi connectivity index (χ2n) is 5.77. The van der Waals surface area contributed by atoms with Gasteiger partial charge in [-0.2, -0.15) is 0 Å². The van der Waals surface area contributed by atoms with Crippen molar-refractivity contribution in [1.29, 1.82) is 0 Å². The van der Waals surface area contributed by atoms with Crippen LogP contribution in [0.3, 0.4) is 0 Å². The first kappa shape index (κ1) is 13.3. The molecule has 2 atom stereocenters. The fourth-order valence-electron chi connectivity index (χ4n) is 3.35. The molecule has 0 spiro atoms. The van der Waals surface area contributed by atoms with Crippen LogP contribution in [0.25, 0.3) is 0 Å². The Morgan fingerprint density at radius 3 is 2.65 bits per heavy atom. The molecule has 20 heavy (non-hydrogen) atoms. The summed E-state index contributed by atoms with van der Waals surface area (Å²) in [4.78, 5) is 4.45. The van der Waals surface area contributed by atoms with Crippen LogP contribution in [0.5, 0.6) is 0 Å². The lowest BCUT2D eigenvalue weighted by Gasteiger charge is -2.31. The fourth-order valence-corrected chi connectivity index (χ4v) is 3.35. The third kappa shape index (κ3) is 2.61. The van der Waals surface area contributed by atoms with Gasteiger partial charge in [-0.15, -0.1) is 0 Å². The molecule has 104 valence electrons. The van der Waals surface area contributed by atoms with Gasteiger partial charge in [-0.3, -0.25) is 4.98 Å². The van der Waals surface area contributed by atoms with Crippen LogP contribution in [-0.2, 0) is 12.8 Å². The Balaban J connectivity index is 1.83. The number of pyridine rings is 1. The van der Waals surface area contributed by atoms with Crippen molar-refractivity contribution in [2.75, 3.05) is 7.05 Å². The highest BCUT2D eigenvalue weighted by Gasteiger charge is 2.26. The van der Waals surface area contributed by atoms with E-state index in [2.05, 4.69) is 53.7 Å². The minimum atomic E-state index is 0.399. The fraction of sp³-hybridized carbons (Fsp3) is 0.389. The lowest BCUT2D eigenvalue weighted by Crippen LogP contribution is -2.29. The lowest BCUT2D eigenvalue weighted by atomic mass is 9.78. The minimum absolute atomic E-state index is 0.399. The number of rotatable bonds is 3. The molecule has 0 aliphatic heterocycles. The molecule has 2 unspecified atom stereocenters. The van der Waals surface area contributed by atoms with E-state index in [-0.39, 0.29) is 0 Å². The summed E-state index contributed by atoms with van der Waals surface area (Å²) < 4.78 is 0. The predicted molar refractivity (Wildman–Crippen MR) is 82.7 cm³/mol. The van der Waals surface area contributed by atoms with Crippen molar-refractivity contribution in [3.8, 4) is 0 Å². The largest absolute Gasteiger partial charge is 0.313 e. The molecule has 0 bridgehead atoms. The number of hydrogen-bond acceptors (Lipinski definition) is 2. The summed E-state index contributed by atoms with van der Waals surface area (Å²) in [6.07, 6.45) is 5.63. The Morgan fingerprint density at radius 1 is 1.15 bits per heavy atom. The van der Waals surface area contributed by atoms with Gasteiger partial charge >= 0.3 is 0 Å². The van der Waals surface area contributed by atoms with Crippen LogP contribution in [0.1, 0.15) is 34.8 Å². The maximum absolute atomic E-state index is 4.45. The average Bonchev–Trinajstić information content (AvgIpc) is 2.50. The van der Waals surface area contributed by atoms with E-state index in [1.807, 2.05) is 13.1 Å². The highest BCUT2D eigenvalue weighted by molar-refractivity contribution is 5.31. The molecule has 2 aromatic rings. The second kappa shape index (κ2) is 5.76. The van der Waals surface area contributed by atoms with Gasteiger partial charge < -0.3 is 5.32 Å². The smallest absolute Gasteiger partial charge is 0.0372 e. The van der Waals surface area contributed by atoms with Gasteiger partial charge in [-0.25, -0.2) is 0 Å². The monoisotopic (exact) mass is 266 g/mol. The van der Waals surface area contributed by atoms with Crippen molar-refractivity contribution in [1.82, 2.24) is 10.3 Å². The van der Waals surface area contributed by atoms with Gasteiger partial charge in [0.1, 0.15) is 0 Å². The van der Waals surface area contributed by atoms with Crippen molar-refractivity contribution in [2.24, 2.45) is 5.92 Å². The van der Waals surface area contributed by atoms with Crippen LogP contribution < -0.4 is 5.32 Å². The Bertz CT molecular complexity index is 574. The zero-order chi connectivity index (χ0) is 13.9. The predicted octanol–water partition coefficient (Wildman–Crippen LogP) is 3.46. The van der Waals surface area contributed by atoms with Gasteiger partial charge in [-0.05, 0) is 61.9 Å². The Kier molecular flexibility index (Phi) is 3.83. The van der Waals surface area contributed by atoms with Crippen LogP contribution in [0.4, 0.5) is 0 Å². The molecular formula is C18H22N2. The van der Waals surface area contributed by atoms with Gasteiger partial charge in [0.25, 0.3) is 0 Å². The van der Waals surface area contributed by atoms with Crippen LogP contribution in [-0.4, -0.2) is 12.0 Å². The molecule has 1 aromatic carbocycles. The molecule has 1 aromatic heterocycles. The second-order valence-corrected chi connectivity index (χ2v) is 5.77. The van der Waals surface area contributed by atoms with Crippen LogP contribution in [0.15, 0.2) is 42.6 Å². The highest BCUT2D eigenvalue weighted by atomic mass is 14.9. The number of hydrogen-bond donors (Lipinski definition) is 1. The van der Waals surface area contributed by atoms with E-state index >= 15 is 0 Å². The molecule has 0 radical (unpaired) electrons. The van der Waals surface area contributed by atoms with Crippen LogP contribution in [0.2, 0.25) is 0 Å². The first-order chi connectivity index (χ1) is 9.78. The summed E-state index contributed by atoms with van der Waals surface area (Å²) in [5.74, 6) is 0.652. The minimum Gasteiger partial charge on any atom is -0.313 e. The maximum Gasteiger partial charge on any atom is 0.0372 e. The topological polar surface area (TPSA) is 24.9 Å². The molecule has 1 aliphatic carbocycles. The number of fused-ring (bicyclic) bond motifs is 1. The Hall–Kier alpha value is -1.67. The highest BCUT2D eigenvalue weighted by Crippen LogP contribution is 2.33. The first-order valence-electron chi connectivity index (χ1n) is 7.44. The molecule has 1 aliphatic rings. The third-order valence-electron chi connectivity index (χ3n) is 4.46. The van der Waals surface area contributed by atoms with E-state index in [4.69, 9.17) is 0 Å². The van der Waals surface area contributed by atoms with Crippen molar-refractivity contribution in [2.45, 2.75) is 32.2 Å². The lowest BCUT2D eigenvalue weighted by molar-refractivity contribution is 0.341. The molecule has 0 saturated heterocycles. The van der Waals surface area contributed by atoms with Crippen LogP contribution in [0, 0.1) is 12.8 Å². The van der Waals surface area contributed by atoms with E-state index < -0.39 is 0 Å². The SMILES string of the molecule is CNC(c1ccc(C)nc1)C1CCc2ccccc2C1. The maximum atomic E-state index is 4.45. The number of aryl methyl sites for hydroxylation is 2. The van der Waals surface area contributed by atoms with Crippen molar-refractivity contribution in [3.05, 3.63) is 65.0 Å². The van der Waals surface area contributed by atoms with Gasteiger partial charge in [0.15, 0.2) is 0 Å². The van der Waals surface area contributed by atoms with E-state index in [0.717, 1.165) is 12.1 Å². The normalized spacial score (nSPS) is 19.4.